The van der Waals surface area contributed by atoms with Crippen molar-refractivity contribution in [2.75, 3.05) is 0 Å². The Bertz CT molecular complexity index is 651. The molecule has 2 aromatic carbocycles. The summed E-state index contributed by atoms with van der Waals surface area (Å²) in [4.78, 5) is 31.1. The van der Waals surface area contributed by atoms with E-state index in [4.69, 9.17) is 9.90 Å². The molecule has 7 nitrogen and oxygen atoms in total. The van der Waals surface area contributed by atoms with Crippen LogP contribution in [0.2, 0.25) is 0 Å². The van der Waals surface area contributed by atoms with Gasteiger partial charge in [-0.05, 0) is 6.07 Å². The van der Waals surface area contributed by atoms with Crippen LogP contribution in [0.25, 0.3) is 0 Å². The molecule has 21 heavy (non-hydrogen) atoms. The number of nitro groups is 1. The molecule has 7 heteroatoms. The van der Waals surface area contributed by atoms with Crippen molar-refractivity contribution in [3.8, 4) is 0 Å². The van der Waals surface area contributed by atoms with Crippen molar-refractivity contribution >= 4 is 17.6 Å². The molecule has 0 saturated carbocycles. The Morgan fingerprint density at radius 2 is 1.48 bits per heavy atom. The summed E-state index contributed by atoms with van der Waals surface area (Å²) in [6.45, 7) is 0. The topological polar surface area (TPSA) is 124 Å². The second-order valence-electron chi connectivity index (χ2n) is 3.81. The third-order valence-electron chi connectivity index (χ3n) is 2.38. The zero-order valence-electron chi connectivity index (χ0n) is 10.8. The molecular weight excluding hydrogens is 276 g/mol. The van der Waals surface area contributed by atoms with Gasteiger partial charge in [0.1, 0.15) is 5.56 Å². The number of amides is 1. The quantitative estimate of drug-likeness (QED) is 0.510. The molecule has 0 atom stereocenters. The van der Waals surface area contributed by atoms with Crippen LogP contribution < -0.4 is 5.73 Å². The number of benzene rings is 2. The van der Waals surface area contributed by atoms with Crippen LogP contribution in [0, 0.1) is 10.1 Å². The maximum Gasteiger partial charge on any atom is 0.402 e. The van der Waals surface area contributed by atoms with Crippen molar-refractivity contribution in [3.63, 3.8) is 0 Å². The highest BCUT2D eigenvalue weighted by atomic mass is 16.6. The Balaban J connectivity index is 0.000000491. The normalized spacial score (nSPS) is 9.14. The van der Waals surface area contributed by atoms with E-state index in [0.29, 0.717) is 5.56 Å². The van der Waals surface area contributed by atoms with Crippen molar-refractivity contribution in [1.82, 2.24) is 0 Å². The number of hydrogen-bond donors (Lipinski definition) is 2. The van der Waals surface area contributed by atoms with Gasteiger partial charge in [-0.3, -0.25) is 14.9 Å². The molecule has 0 aromatic heterocycles. The molecule has 1 amide bonds. The van der Waals surface area contributed by atoms with Gasteiger partial charge >= 0.3 is 6.09 Å². The SMILES string of the molecule is NC(=O)O.O=C(c1ccccc1)c1ccccc1[N+](=O)[O-]. The number of primary amides is 1. The van der Waals surface area contributed by atoms with Gasteiger partial charge in [-0.1, -0.05) is 42.5 Å². The van der Waals surface area contributed by atoms with Gasteiger partial charge in [0.25, 0.3) is 5.69 Å². The van der Waals surface area contributed by atoms with Gasteiger partial charge in [-0.15, -0.1) is 0 Å². The predicted octanol–water partition coefficient (Wildman–Crippen LogP) is 2.45. The van der Waals surface area contributed by atoms with E-state index in [1.807, 2.05) is 0 Å². The van der Waals surface area contributed by atoms with Gasteiger partial charge in [0.05, 0.1) is 4.92 Å². The lowest BCUT2D eigenvalue weighted by atomic mass is 10.0. The van der Waals surface area contributed by atoms with E-state index in [-0.39, 0.29) is 17.0 Å². The highest BCUT2D eigenvalue weighted by molar-refractivity contribution is 6.11. The smallest absolute Gasteiger partial charge is 0.402 e. The van der Waals surface area contributed by atoms with Crippen LogP contribution in [0.3, 0.4) is 0 Å². The minimum Gasteiger partial charge on any atom is -0.465 e. The van der Waals surface area contributed by atoms with Crippen LogP contribution >= 0.6 is 0 Å². The predicted molar refractivity (Wildman–Crippen MR) is 75.2 cm³/mol. The summed E-state index contributed by atoms with van der Waals surface area (Å²) in [5.74, 6) is -0.335. The summed E-state index contributed by atoms with van der Waals surface area (Å²) < 4.78 is 0. The van der Waals surface area contributed by atoms with Gasteiger partial charge in [0.15, 0.2) is 5.78 Å². The number of nitrogens with zero attached hydrogens (tertiary/aromatic N) is 1. The van der Waals surface area contributed by atoms with Crippen molar-refractivity contribution in [2.24, 2.45) is 5.73 Å². The Morgan fingerprint density at radius 3 is 2.00 bits per heavy atom. The molecule has 0 aliphatic carbocycles. The molecule has 3 N–H and O–H groups in total. The molecule has 2 rings (SSSR count). The van der Waals surface area contributed by atoms with E-state index in [9.17, 15) is 14.9 Å². The van der Waals surface area contributed by atoms with Gasteiger partial charge in [0, 0.05) is 11.6 Å². The fourth-order valence-corrected chi connectivity index (χ4v) is 1.57. The average Bonchev–Trinajstić information content (AvgIpc) is 2.47. The minimum absolute atomic E-state index is 0.115. The number of nitro benzene ring substituents is 1. The van der Waals surface area contributed by atoms with E-state index in [2.05, 4.69) is 5.73 Å². The molecule has 0 unspecified atom stereocenters. The van der Waals surface area contributed by atoms with Crippen molar-refractivity contribution in [2.45, 2.75) is 0 Å². The zero-order chi connectivity index (χ0) is 15.8. The highest BCUT2D eigenvalue weighted by Gasteiger charge is 2.19. The number of para-hydroxylation sites is 1. The average molecular weight is 288 g/mol. The lowest BCUT2D eigenvalue weighted by Gasteiger charge is -2.01. The molecule has 0 fully saturated rings. The summed E-state index contributed by atoms with van der Waals surface area (Å²) in [5, 5.41) is 18.0. The molecule has 0 heterocycles. The number of carbonyl (C=O) groups excluding carboxylic acids is 1. The van der Waals surface area contributed by atoms with Crippen LogP contribution in [0.4, 0.5) is 10.5 Å². The molecule has 2 aromatic rings. The van der Waals surface area contributed by atoms with E-state index in [1.54, 1.807) is 42.5 Å². The molecule has 0 bridgehead atoms. The molecular formula is C14H12N2O5. The Labute approximate surface area is 119 Å². The first kappa shape index (κ1) is 15.8. The number of hydrogen-bond acceptors (Lipinski definition) is 4. The zero-order valence-corrected chi connectivity index (χ0v) is 10.8. The fraction of sp³-hybridized carbons (Fsp3) is 0. The third kappa shape index (κ3) is 4.75. The molecule has 0 radical (unpaired) electrons. The fourth-order valence-electron chi connectivity index (χ4n) is 1.57. The second kappa shape index (κ2) is 7.39. The van der Waals surface area contributed by atoms with E-state index in [0.717, 1.165) is 0 Å². The van der Waals surface area contributed by atoms with Gasteiger partial charge in [0.2, 0.25) is 0 Å². The summed E-state index contributed by atoms with van der Waals surface area (Å²) >= 11 is 0. The van der Waals surface area contributed by atoms with Crippen molar-refractivity contribution < 1.29 is 19.6 Å². The van der Waals surface area contributed by atoms with E-state index < -0.39 is 11.0 Å². The highest BCUT2D eigenvalue weighted by Crippen LogP contribution is 2.20. The van der Waals surface area contributed by atoms with Crippen molar-refractivity contribution in [3.05, 3.63) is 75.8 Å². The van der Waals surface area contributed by atoms with Gasteiger partial charge < -0.3 is 10.8 Å². The number of nitrogens with two attached hydrogens (primary N) is 1. The van der Waals surface area contributed by atoms with E-state index >= 15 is 0 Å². The Hall–Kier alpha value is -3.22. The maximum atomic E-state index is 12.1. The first-order valence-corrected chi connectivity index (χ1v) is 5.75. The monoisotopic (exact) mass is 288 g/mol. The summed E-state index contributed by atoms with van der Waals surface area (Å²) in [5.41, 5.74) is 4.42. The number of rotatable bonds is 3. The van der Waals surface area contributed by atoms with Crippen LogP contribution in [-0.4, -0.2) is 21.9 Å². The van der Waals surface area contributed by atoms with Gasteiger partial charge in [-0.2, -0.15) is 0 Å². The lowest BCUT2D eigenvalue weighted by Crippen LogP contribution is -2.04. The minimum atomic E-state index is -1.33. The van der Waals surface area contributed by atoms with Crippen LogP contribution in [-0.2, 0) is 0 Å². The largest absolute Gasteiger partial charge is 0.465 e. The Kier molecular flexibility index (Phi) is 5.57. The second-order valence-corrected chi connectivity index (χ2v) is 3.81. The number of carboxylic acid groups (broad SMARTS) is 1. The van der Waals surface area contributed by atoms with Crippen LogP contribution in [0.1, 0.15) is 15.9 Å². The van der Waals surface area contributed by atoms with Crippen LogP contribution in [0.5, 0.6) is 0 Å². The first-order chi connectivity index (χ1) is 9.93. The summed E-state index contributed by atoms with van der Waals surface area (Å²) in [6, 6.07) is 14.5. The van der Waals surface area contributed by atoms with E-state index in [1.165, 1.54) is 12.1 Å². The standard InChI is InChI=1S/C13H9NO3.CH3NO2/c15-13(10-6-2-1-3-7-10)11-8-4-5-9-12(11)14(16)17;2-1(3)4/h1-9H;2H2,(H,3,4). The molecule has 0 saturated heterocycles. The van der Waals surface area contributed by atoms with Crippen molar-refractivity contribution in [1.29, 1.82) is 0 Å². The maximum absolute atomic E-state index is 12.1. The molecule has 0 aliphatic rings. The van der Waals surface area contributed by atoms with Crippen LogP contribution in [0.15, 0.2) is 54.6 Å². The van der Waals surface area contributed by atoms with Gasteiger partial charge in [-0.25, -0.2) is 4.79 Å². The first-order valence-electron chi connectivity index (χ1n) is 5.75. The lowest BCUT2D eigenvalue weighted by molar-refractivity contribution is -0.385. The molecule has 0 aliphatic heterocycles. The number of carbonyl (C=O) groups is 2. The molecule has 108 valence electrons. The summed E-state index contributed by atoms with van der Waals surface area (Å²) in [6.07, 6.45) is -1.33. The summed E-state index contributed by atoms with van der Waals surface area (Å²) in [7, 11) is 0. The Morgan fingerprint density at radius 1 is 1.00 bits per heavy atom. The molecule has 0 spiro atoms. The third-order valence-corrected chi connectivity index (χ3v) is 2.38. The number of ketones is 1.